The van der Waals surface area contributed by atoms with Crippen molar-refractivity contribution in [2.24, 2.45) is 0 Å². The fourth-order valence-electron chi connectivity index (χ4n) is 2.49. The standard InChI is InChI=1S/C15H17BN2O/c1-10-3-4-11(2)18(10)13-5-6-15-14(7-13)17-8-12(16)9-19-15/h3-7,12,17H,8-9H2,1-2H3. The zero-order valence-corrected chi connectivity index (χ0v) is 11.3. The van der Waals surface area contributed by atoms with E-state index in [4.69, 9.17) is 12.6 Å². The molecule has 0 fully saturated rings. The molecule has 0 saturated carbocycles. The van der Waals surface area contributed by atoms with E-state index in [1.165, 1.54) is 11.4 Å². The third kappa shape index (κ3) is 2.23. The minimum Gasteiger partial charge on any atom is -0.492 e. The highest BCUT2D eigenvalue weighted by molar-refractivity contribution is 6.12. The SMILES string of the molecule is [B]C1CNc2cc(-n3c(C)ccc3C)ccc2OC1. The van der Waals surface area contributed by atoms with Gasteiger partial charge in [0.1, 0.15) is 5.75 Å². The maximum atomic E-state index is 5.90. The molecular weight excluding hydrogens is 235 g/mol. The molecule has 0 aliphatic carbocycles. The lowest BCUT2D eigenvalue weighted by Gasteiger charge is -2.13. The van der Waals surface area contributed by atoms with Gasteiger partial charge in [0.2, 0.25) is 0 Å². The summed E-state index contributed by atoms with van der Waals surface area (Å²) in [4.78, 5) is 0. The van der Waals surface area contributed by atoms with E-state index in [-0.39, 0.29) is 5.82 Å². The molecule has 1 aromatic carbocycles. The molecule has 0 amide bonds. The minimum atomic E-state index is 0.0332. The van der Waals surface area contributed by atoms with Crippen molar-refractivity contribution in [1.82, 2.24) is 4.57 Å². The van der Waals surface area contributed by atoms with E-state index in [2.05, 4.69) is 48.0 Å². The largest absolute Gasteiger partial charge is 0.492 e. The fourth-order valence-corrected chi connectivity index (χ4v) is 2.49. The smallest absolute Gasteiger partial charge is 0.142 e. The maximum Gasteiger partial charge on any atom is 0.142 e. The van der Waals surface area contributed by atoms with E-state index in [9.17, 15) is 0 Å². The summed E-state index contributed by atoms with van der Waals surface area (Å²) in [6.45, 7) is 5.51. The van der Waals surface area contributed by atoms with Gasteiger partial charge in [0, 0.05) is 23.6 Å². The Morgan fingerprint density at radius 3 is 2.68 bits per heavy atom. The first-order chi connectivity index (χ1) is 9.15. The number of benzene rings is 1. The summed E-state index contributed by atoms with van der Waals surface area (Å²) in [5, 5.41) is 3.35. The summed E-state index contributed by atoms with van der Waals surface area (Å²) in [7, 11) is 5.90. The lowest BCUT2D eigenvalue weighted by Crippen LogP contribution is -2.11. The van der Waals surface area contributed by atoms with Crippen LogP contribution in [0, 0.1) is 13.8 Å². The second-order valence-corrected chi connectivity index (χ2v) is 5.08. The second kappa shape index (κ2) is 4.69. The van der Waals surface area contributed by atoms with E-state index in [0.29, 0.717) is 6.61 Å². The van der Waals surface area contributed by atoms with Gasteiger partial charge in [-0.25, -0.2) is 0 Å². The van der Waals surface area contributed by atoms with Gasteiger partial charge in [-0.1, -0.05) is 0 Å². The highest BCUT2D eigenvalue weighted by Gasteiger charge is 2.14. The predicted octanol–water partition coefficient (Wildman–Crippen LogP) is 2.86. The van der Waals surface area contributed by atoms with Gasteiger partial charge in [0.15, 0.2) is 0 Å². The monoisotopic (exact) mass is 252 g/mol. The molecule has 19 heavy (non-hydrogen) atoms. The van der Waals surface area contributed by atoms with Crippen LogP contribution in [0.2, 0.25) is 5.82 Å². The van der Waals surface area contributed by atoms with Crippen LogP contribution in [0.1, 0.15) is 11.4 Å². The van der Waals surface area contributed by atoms with Crippen LogP contribution in [0.3, 0.4) is 0 Å². The van der Waals surface area contributed by atoms with E-state index in [1.54, 1.807) is 0 Å². The zero-order chi connectivity index (χ0) is 13.4. The first kappa shape index (κ1) is 12.2. The van der Waals surface area contributed by atoms with Crippen LogP contribution in [0.4, 0.5) is 5.69 Å². The molecule has 1 unspecified atom stereocenters. The van der Waals surface area contributed by atoms with Crippen molar-refractivity contribution in [2.75, 3.05) is 18.5 Å². The van der Waals surface area contributed by atoms with E-state index < -0.39 is 0 Å². The molecule has 1 atom stereocenters. The Balaban J connectivity index is 2.02. The van der Waals surface area contributed by atoms with Crippen molar-refractivity contribution in [3.8, 4) is 11.4 Å². The minimum absolute atomic E-state index is 0.0332. The van der Waals surface area contributed by atoms with Crippen LogP contribution in [0.25, 0.3) is 5.69 Å². The Morgan fingerprint density at radius 2 is 1.95 bits per heavy atom. The molecule has 0 spiro atoms. The number of hydrogen-bond acceptors (Lipinski definition) is 2. The summed E-state index contributed by atoms with van der Waals surface area (Å²) >= 11 is 0. The topological polar surface area (TPSA) is 26.2 Å². The molecule has 3 rings (SSSR count). The predicted molar refractivity (Wildman–Crippen MR) is 78.7 cm³/mol. The van der Waals surface area contributed by atoms with Crippen LogP contribution in [0.5, 0.6) is 5.75 Å². The van der Waals surface area contributed by atoms with Crippen molar-refractivity contribution >= 4 is 13.5 Å². The van der Waals surface area contributed by atoms with Gasteiger partial charge < -0.3 is 14.6 Å². The highest BCUT2D eigenvalue weighted by Crippen LogP contribution is 2.31. The maximum absolute atomic E-state index is 5.90. The van der Waals surface area contributed by atoms with E-state index in [0.717, 1.165) is 23.7 Å². The Labute approximate surface area is 115 Å². The molecule has 1 N–H and O–H groups in total. The summed E-state index contributed by atoms with van der Waals surface area (Å²) in [6, 6.07) is 10.5. The Hall–Kier alpha value is -1.84. The van der Waals surface area contributed by atoms with E-state index >= 15 is 0 Å². The number of aromatic nitrogens is 1. The number of hydrogen-bond donors (Lipinski definition) is 1. The van der Waals surface area contributed by atoms with Gasteiger partial charge in [0.05, 0.1) is 20.1 Å². The molecule has 0 saturated heterocycles. The molecule has 2 heterocycles. The molecule has 0 bridgehead atoms. The van der Waals surface area contributed by atoms with Gasteiger partial charge >= 0.3 is 0 Å². The first-order valence-electron chi connectivity index (χ1n) is 6.57. The lowest BCUT2D eigenvalue weighted by atomic mass is 9.88. The number of ether oxygens (including phenoxy) is 1. The third-order valence-corrected chi connectivity index (χ3v) is 3.50. The molecule has 4 heteroatoms. The van der Waals surface area contributed by atoms with E-state index in [1.807, 2.05) is 6.07 Å². The number of anilines is 1. The van der Waals surface area contributed by atoms with Crippen molar-refractivity contribution in [3.05, 3.63) is 41.7 Å². The molecule has 96 valence electrons. The number of nitrogens with zero attached hydrogens (tertiary/aromatic N) is 1. The third-order valence-electron chi connectivity index (χ3n) is 3.50. The number of nitrogens with one attached hydrogen (secondary N) is 1. The fraction of sp³-hybridized carbons (Fsp3) is 0.333. The number of aryl methyl sites for hydroxylation is 2. The number of fused-ring (bicyclic) bond motifs is 1. The molecule has 2 radical (unpaired) electrons. The lowest BCUT2D eigenvalue weighted by molar-refractivity contribution is 0.323. The molecule has 3 nitrogen and oxygen atoms in total. The van der Waals surface area contributed by atoms with Gasteiger partial charge in [-0.2, -0.15) is 0 Å². The molecule has 2 aromatic rings. The average molecular weight is 252 g/mol. The zero-order valence-electron chi connectivity index (χ0n) is 11.3. The normalized spacial score (nSPS) is 18.1. The molecule has 1 aliphatic rings. The average Bonchev–Trinajstić information content (AvgIpc) is 2.62. The Bertz CT molecular complexity index is 587. The van der Waals surface area contributed by atoms with Crippen LogP contribution in [0.15, 0.2) is 30.3 Å². The van der Waals surface area contributed by atoms with Crippen molar-refractivity contribution in [3.63, 3.8) is 0 Å². The first-order valence-corrected chi connectivity index (χ1v) is 6.57. The van der Waals surface area contributed by atoms with Crippen LogP contribution in [-0.4, -0.2) is 25.6 Å². The second-order valence-electron chi connectivity index (χ2n) is 5.08. The Kier molecular flexibility index (Phi) is 3.01. The number of rotatable bonds is 1. The highest BCUT2D eigenvalue weighted by atomic mass is 16.5. The summed E-state index contributed by atoms with van der Waals surface area (Å²) in [5.41, 5.74) is 4.61. The quantitative estimate of drug-likeness (QED) is 0.790. The van der Waals surface area contributed by atoms with Gasteiger partial charge in [0.25, 0.3) is 0 Å². The van der Waals surface area contributed by atoms with Crippen molar-refractivity contribution in [1.29, 1.82) is 0 Å². The molecular formula is C15H17BN2O. The van der Waals surface area contributed by atoms with Crippen LogP contribution >= 0.6 is 0 Å². The Morgan fingerprint density at radius 1 is 1.21 bits per heavy atom. The summed E-state index contributed by atoms with van der Waals surface area (Å²) in [6.07, 6.45) is 0. The van der Waals surface area contributed by atoms with Gasteiger partial charge in [-0.3, -0.25) is 0 Å². The molecule has 1 aliphatic heterocycles. The van der Waals surface area contributed by atoms with Crippen LogP contribution < -0.4 is 10.1 Å². The molecule has 1 aromatic heterocycles. The summed E-state index contributed by atoms with van der Waals surface area (Å²) < 4.78 is 7.93. The van der Waals surface area contributed by atoms with Crippen LogP contribution in [-0.2, 0) is 0 Å². The van der Waals surface area contributed by atoms with Crippen molar-refractivity contribution < 1.29 is 4.74 Å². The van der Waals surface area contributed by atoms with Gasteiger partial charge in [-0.15, -0.1) is 0 Å². The van der Waals surface area contributed by atoms with Crippen molar-refractivity contribution in [2.45, 2.75) is 19.7 Å². The summed E-state index contributed by atoms with van der Waals surface area (Å²) in [5.74, 6) is 0.907. The van der Waals surface area contributed by atoms with Gasteiger partial charge in [-0.05, 0) is 50.0 Å².